The maximum Gasteiger partial charge on any atom is 0.224 e. The maximum absolute atomic E-state index is 12.4. The van der Waals surface area contributed by atoms with Crippen LogP contribution >= 0.6 is 11.8 Å². The van der Waals surface area contributed by atoms with Gasteiger partial charge < -0.3 is 9.88 Å². The van der Waals surface area contributed by atoms with Crippen LogP contribution in [0.1, 0.15) is 23.4 Å². The first-order valence-electron chi connectivity index (χ1n) is 8.48. The average molecular weight is 366 g/mol. The van der Waals surface area contributed by atoms with Crippen LogP contribution in [0.15, 0.2) is 53.9 Å². The minimum absolute atomic E-state index is 0.0117. The summed E-state index contributed by atoms with van der Waals surface area (Å²) >= 11 is 1.53. The number of nitrogens with one attached hydrogen (secondary N) is 1. The van der Waals surface area contributed by atoms with Crippen molar-refractivity contribution in [3.8, 4) is 5.69 Å². The Balaban J connectivity index is 1.64. The minimum Gasteiger partial charge on any atom is -0.326 e. The Morgan fingerprint density at radius 2 is 1.81 bits per heavy atom. The molecule has 0 aliphatic carbocycles. The highest BCUT2D eigenvalue weighted by Crippen LogP contribution is 2.18. The average Bonchev–Trinajstić information content (AvgIpc) is 3.15. The van der Waals surface area contributed by atoms with E-state index in [1.54, 1.807) is 0 Å². The second-order valence-electron chi connectivity index (χ2n) is 6.05. The van der Waals surface area contributed by atoms with Gasteiger partial charge in [0.25, 0.3) is 0 Å². The van der Waals surface area contributed by atoms with Gasteiger partial charge in [-0.25, -0.2) is 9.97 Å². The first-order valence-corrected chi connectivity index (χ1v) is 9.70. The number of carbonyl (C=O) groups is 1. The smallest absolute Gasteiger partial charge is 0.224 e. The highest BCUT2D eigenvalue weighted by molar-refractivity contribution is 7.98. The number of hydrogen-bond acceptors (Lipinski definition) is 4. The van der Waals surface area contributed by atoms with Gasteiger partial charge in [0.2, 0.25) is 5.91 Å². The fourth-order valence-corrected chi connectivity index (χ4v) is 3.33. The van der Waals surface area contributed by atoms with E-state index in [0.717, 1.165) is 33.5 Å². The number of amides is 1. The van der Waals surface area contributed by atoms with E-state index in [4.69, 9.17) is 0 Å². The molecule has 0 aliphatic heterocycles. The molecule has 2 heterocycles. The van der Waals surface area contributed by atoms with Crippen LogP contribution in [0.4, 0.5) is 5.69 Å². The zero-order valence-corrected chi connectivity index (χ0v) is 16.0. The third kappa shape index (κ3) is 4.32. The van der Waals surface area contributed by atoms with Crippen molar-refractivity contribution in [1.82, 2.24) is 14.5 Å². The molecule has 3 aromatic rings. The summed E-state index contributed by atoms with van der Waals surface area (Å²) in [6.07, 6.45) is 6.95. The van der Waals surface area contributed by atoms with Crippen LogP contribution in [0.25, 0.3) is 5.69 Å². The van der Waals surface area contributed by atoms with E-state index in [9.17, 15) is 4.79 Å². The fourth-order valence-electron chi connectivity index (χ4n) is 2.87. The van der Waals surface area contributed by atoms with Crippen molar-refractivity contribution in [2.75, 3.05) is 11.6 Å². The number of aryl methyl sites for hydroxylation is 2. The third-order valence-electron chi connectivity index (χ3n) is 4.22. The van der Waals surface area contributed by atoms with Crippen LogP contribution in [0.5, 0.6) is 0 Å². The predicted octanol–water partition coefficient (Wildman–Crippen LogP) is 4.18. The van der Waals surface area contributed by atoms with Crippen LogP contribution in [-0.4, -0.2) is 26.7 Å². The van der Waals surface area contributed by atoms with Crippen molar-refractivity contribution < 1.29 is 4.79 Å². The Labute approximate surface area is 157 Å². The largest absolute Gasteiger partial charge is 0.326 e. The van der Waals surface area contributed by atoms with Crippen molar-refractivity contribution in [3.05, 3.63) is 65.7 Å². The molecule has 0 unspecified atom stereocenters. The number of thioether (sulfide) groups is 1. The van der Waals surface area contributed by atoms with Crippen LogP contribution in [0.3, 0.4) is 0 Å². The van der Waals surface area contributed by atoms with E-state index in [1.807, 2.05) is 73.5 Å². The molecule has 1 N–H and O–H groups in total. The Morgan fingerprint density at radius 1 is 1.12 bits per heavy atom. The molecule has 134 valence electrons. The summed E-state index contributed by atoms with van der Waals surface area (Å²) in [6, 6.07) is 11.8. The van der Waals surface area contributed by atoms with E-state index < -0.39 is 0 Å². The molecule has 2 aromatic heterocycles. The first-order chi connectivity index (χ1) is 12.6. The molecule has 0 fully saturated rings. The quantitative estimate of drug-likeness (QED) is 0.525. The topological polar surface area (TPSA) is 59.8 Å². The van der Waals surface area contributed by atoms with Crippen LogP contribution in [0, 0.1) is 13.8 Å². The van der Waals surface area contributed by atoms with Gasteiger partial charge in [0.05, 0.1) is 0 Å². The Bertz CT molecular complexity index is 883. The SMILES string of the molecule is CSc1nc(C)c(CCC(=O)Nc2cccc(-n3cccc3)c2)c(C)n1. The van der Waals surface area contributed by atoms with E-state index in [1.165, 1.54) is 11.8 Å². The third-order valence-corrected chi connectivity index (χ3v) is 4.77. The number of carbonyl (C=O) groups excluding carboxylic acids is 1. The van der Waals surface area contributed by atoms with E-state index in [-0.39, 0.29) is 5.91 Å². The second-order valence-corrected chi connectivity index (χ2v) is 6.82. The van der Waals surface area contributed by atoms with Crippen molar-refractivity contribution in [3.63, 3.8) is 0 Å². The first kappa shape index (κ1) is 18.2. The molecule has 1 aromatic carbocycles. The van der Waals surface area contributed by atoms with Gasteiger partial charge >= 0.3 is 0 Å². The highest BCUT2D eigenvalue weighted by Gasteiger charge is 2.11. The van der Waals surface area contributed by atoms with Gasteiger partial charge in [-0.1, -0.05) is 17.8 Å². The van der Waals surface area contributed by atoms with Crippen molar-refractivity contribution in [2.45, 2.75) is 31.8 Å². The summed E-state index contributed by atoms with van der Waals surface area (Å²) in [7, 11) is 0. The lowest BCUT2D eigenvalue weighted by atomic mass is 10.1. The van der Waals surface area contributed by atoms with Gasteiger partial charge in [0, 0.05) is 41.6 Å². The molecule has 0 saturated carbocycles. The van der Waals surface area contributed by atoms with E-state index in [2.05, 4.69) is 15.3 Å². The monoisotopic (exact) mass is 366 g/mol. The van der Waals surface area contributed by atoms with Gasteiger partial charge in [-0.3, -0.25) is 4.79 Å². The molecule has 3 rings (SSSR count). The number of nitrogens with zero attached hydrogens (tertiary/aromatic N) is 3. The lowest BCUT2D eigenvalue weighted by Crippen LogP contribution is -2.14. The van der Waals surface area contributed by atoms with Crippen molar-refractivity contribution in [1.29, 1.82) is 0 Å². The molecule has 6 heteroatoms. The summed E-state index contributed by atoms with van der Waals surface area (Å²) in [5.74, 6) is -0.0117. The molecular formula is C20H22N4OS. The number of aromatic nitrogens is 3. The number of benzene rings is 1. The number of hydrogen-bond donors (Lipinski definition) is 1. The molecule has 0 bridgehead atoms. The van der Waals surface area contributed by atoms with Gasteiger partial charge in [0.1, 0.15) is 0 Å². The molecule has 26 heavy (non-hydrogen) atoms. The lowest BCUT2D eigenvalue weighted by molar-refractivity contribution is -0.116. The van der Waals surface area contributed by atoms with Gasteiger partial charge in [-0.05, 0) is 62.4 Å². The van der Waals surface area contributed by atoms with Gasteiger partial charge in [-0.2, -0.15) is 0 Å². The standard InChI is InChI=1S/C20H22N4OS/c1-14-18(15(2)22-20(21-14)26-3)9-10-19(25)23-16-7-6-8-17(13-16)24-11-4-5-12-24/h4-8,11-13H,9-10H2,1-3H3,(H,23,25). The lowest BCUT2D eigenvalue weighted by Gasteiger charge is -2.11. The second kappa shape index (κ2) is 8.19. The highest BCUT2D eigenvalue weighted by atomic mass is 32.2. The molecule has 0 saturated heterocycles. The van der Waals surface area contributed by atoms with Crippen LogP contribution in [-0.2, 0) is 11.2 Å². The molecular weight excluding hydrogens is 344 g/mol. The summed E-state index contributed by atoms with van der Waals surface area (Å²) < 4.78 is 2.01. The summed E-state index contributed by atoms with van der Waals surface area (Å²) in [4.78, 5) is 21.3. The number of anilines is 1. The number of rotatable bonds is 6. The fraction of sp³-hybridized carbons (Fsp3) is 0.250. The minimum atomic E-state index is -0.0117. The molecule has 0 aliphatic rings. The van der Waals surface area contributed by atoms with Crippen molar-refractivity contribution >= 4 is 23.4 Å². The zero-order valence-electron chi connectivity index (χ0n) is 15.2. The summed E-state index contributed by atoms with van der Waals surface area (Å²) in [5, 5.41) is 3.75. The predicted molar refractivity (Wildman–Crippen MR) is 106 cm³/mol. The van der Waals surface area contributed by atoms with Gasteiger partial charge in [-0.15, -0.1) is 0 Å². The molecule has 0 radical (unpaired) electrons. The van der Waals surface area contributed by atoms with Gasteiger partial charge in [0.15, 0.2) is 5.16 Å². The van der Waals surface area contributed by atoms with E-state index >= 15 is 0 Å². The summed E-state index contributed by atoms with van der Waals surface area (Å²) in [5.41, 5.74) is 4.76. The van der Waals surface area contributed by atoms with E-state index in [0.29, 0.717) is 12.8 Å². The van der Waals surface area contributed by atoms with Crippen LogP contribution in [0.2, 0.25) is 0 Å². The maximum atomic E-state index is 12.4. The normalized spacial score (nSPS) is 10.7. The Morgan fingerprint density at radius 3 is 2.46 bits per heavy atom. The zero-order chi connectivity index (χ0) is 18.5. The summed E-state index contributed by atoms with van der Waals surface area (Å²) in [6.45, 7) is 3.95. The Hall–Kier alpha value is -2.60. The molecule has 0 atom stereocenters. The van der Waals surface area contributed by atoms with Crippen molar-refractivity contribution in [2.24, 2.45) is 0 Å². The molecule has 5 nitrogen and oxygen atoms in total. The van der Waals surface area contributed by atoms with Crippen LogP contribution < -0.4 is 5.32 Å². The molecule has 0 spiro atoms. The Kier molecular flexibility index (Phi) is 5.73. The molecule has 1 amide bonds.